The van der Waals surface area contributed by atoms with E-state index in [1.807, 2.05) is 25.2 Å². The van der Waals surface area contributed by atoms with E-state index in [-0.39, 0.29) is 6.04 Å². The van der Waals surface area contributed by atoms with Gasteiger partial charge >= 0.3 is 0 Å². The second kappa shape index (κ2) is 6.56. The standard InChI is InChI=1S/C16H17BrClN/c1-11-7-13(9-14(17)8-11)16(19-2)10-12-5-3-4-6-15(12)18/h3-9,16,19H,10H2,1-2H3. The zero-order valence-corrected chi connectivity index (χ0v) is 13.4. The lowest BCUT2D eigenvalue weighted by Crippen LogP contribution is -2.19. The van der Waals surface area contributed by atoms with Gasteiger partial charge in [-0.25, -0.2) is 0 Å². The highest BCUT2D eigenvalue weighted by atomic mass is 79.9. The Kier molecular flexibility index (Phi) is 5.03. The summed E-state index contributed by atoms with van der Waals surface area (Å²) in [6.07, 6.45) is 0.881. The number of likely N-dealkylation sites (N-methyl/N-ethyl adjacent to an activating group) is 1. The fourth-order valence-electron chi connectivity index (χ4n) is 2.24. The van der Waals surface area contributed by atoms with Crippen molar-refractivity contribution in [2.45, 2.75) is 19.4 Å². The van der Waals surface area contributed by atoms with E-state index < -0.39 is 0 Å². The van der Waals surface area contributed by atoms with Gasteiger partial charge in [0, 0.05) is 15.5 Å². The maximum atomic E-state index is 6.24. The highest BCUT2D eigenvalue weighted by Gasteiger charge is 2.12. The van der Waals surface area contributed by atoms with E-state index in [2.05, 4.69) is 52.4 Å². The van der Waals surface area contributed by atoms with Gasteiger partial charge in [0.2, 0.25) is 0 Å². The summed E-state index contributed by atoms with van der Waals surface area (Å²) < 4.78 is 1.11. The molecule has 0 heterocycles. The topological polar surface area (TPSA) is 12.0 Å². The summed E-state index contributed by atoms with van der Waals surface area (Å²) in [4.78, 5) is 0. The quantitative estimate of drug-likeness (QED) is 0.835. The van der Waals surface area contributed by atoms with E-state index in [0.717, 1.165) is 15.9 Å². The van der Waals surface area contributed by atoms with Gasteiger partial charge in [0.15, 0.2) is 0 Å². The molecule has 1 nitrogen and oxygen atoms in total. The predicted octanol–water partition coefficient (Wildman–Crippen LogP) is 4.91. The van der Waals surface area contributed by atoms with Crippen molar-refractivity contribution in [3.05, 3.63) is 68.7 Å². The molecule has 0 aliphatic heterocycles. The van der Waals surface area contributed by atoms with Crippen LogP contribution in [0.4, 0.5) is 0 Å². The summed E-state index contributed by atoms with van der Waals surface area (Å²) in [6, 6.07) is 14.8. The van der Waals surface area contributed by atoms with Gasteiger partial charge in [-0.3, -0.25) is 0 Å². The van der Waals surface area contributed by atoms with Gasteiger partial charge < -0.3 is 5.32 Å². The molecule has 3 heteroatoms. The van der Waals surface area contributed by atoms with Gasteiger partial charge in [-0.15, -0.1) is 0 Å². The molecule has 0 radical (unpaired) electrons. The van der Waals surface area contributed by atoms with Gasteiger partial charge in [-0.1, -0.05) is 51.8 Å². The largest absolute Gasteiger partial charge is 0.313 e. The van der Waals surface area contributed by atoms with Crippen molar-refractivity contribution in [1.29, 1.82) is 0 Å². The van der Waals surface area contributed by atoms with Crippen molar-refractivity contribution in [2.75, 3.05) is 7.05 Å². The molecule has 0 amide bonds. The molecule has 0 aliphatic carbocycles. The molecule has 2 aromatic carbocycles. The van der Waals surface area contributed by atoms with Gasteiger partial charge in [0.1, 0.15) is 0 Å². The Balaban J connectivity index is 2.28. The fourth-order valence-corrected chi connectivity index (χ4v) is 3.07. The van der Waals surface area contributed by atoms with Crippen LogP contribution in [0.15, 0.2) is 46.9 Å². The maximum absolute atomic E-state index is 6.24. The lowest BCUT2D eigenvalue weighted by Gasteiger charge is -2.18. The van der Waals surface area contributed by atoms with Crippen molar-refractivity contribution in [2.24, 2.45) is 0 Å². The first-order valence-electron chi connectivity index (χ1n) is 6.28. The van der Waals surface area contributed by atoms with Crippen molar-refractivity contribution in [3.63, 3.8) is 0 Å². The van der Waals surface area contributed by atoms with E-state index in [0.29, 0.717) is 0 Å². The molecule has 0 bridgehead atoms. The predicted molar refractivity (Wildman–Crippen MR) is 85.8 cm³/mol. The second-order valence-corrected chi connectivity index (χ2v) is 6.02. The normalized spacial score (nSPS) is 12.4. The van der Waals surface area contributed by atoms with Crippen molar-refractivity contribution in [1.82, 2.24) is 5.32 Å². The minimum Gasteiger partial charge on any atom is -0.313 e. The number of hydrogen-bond donors (Lipinski definition) is 1. The van der Waals surface area contributed by atoms with Gasteiger partial charge in [-0.2, -0.15) is 0 Å². The lowest BCUT2D eigenvalue weighted by molar-refractivity contribution is 0.591. The van der Waals surface area contributed by atoms with E-state index >= 15 is 0 Å². The first-order chi connectivity index (χ1) is 9.10. The van der Waals surface area contributed by atoms with E-state index in [1.54, 1.807) is 0 Å². The molecule has 2 rings (SSSR count). The average molecular weight is 339 g/mol. The van der Waals surface area contributed by atoms with Crippen LogP contribution >= 0.6 is 27.5 Å². The molecule has 1 unspecified atom stereocenters. The zero-order chi connectivity index (χ0) is 13.8. The SMILES string of the molecule is CNC(Cc1ccccc1Cl)c1cc(C)cc(Br)c1. The number of benzene rings is 2. The Morgan fingerprint density at radius 1 is 1.21 bits per heavy atom. The average Bonchev–Trinajstić information content (AvgIpc) is 2.36. The van der Waals surface area contributed by atoms with Crippen LogP contribution in [0.25, 0.3) is 0 Å². The number of nitrogens with one attached hydrogen (secondary N) is 1. The van der Waals surface area contributed by atoms with Crippen LogP contribution in [-0.2, 0) is 6.42 Å². The molecule has 2 aromatic rings. The molecular formula is C16H17BrClN. The molecule has 0 aromatic heterocycles. The first-order valence-corrected chi connectivity index (χ1v) is 7.45. The van der Waals surface area contributed by atoms with Crippen LogP contribution in [-0.4, -0.2) is 7.05 Å². The van der Waals surface area contributed by atoms with Crippen molar-refractivity contribution < 1.29 is 0 Å². The Labute approximate surface area is 128 Å². The highest BCUT2D eigenvalue weighted by molar-refractivity contribution is 9.10. The van der Waals surface area contributed by atoms with Gasteiger partial charge in [-0.05, 0) is 55.3 Å². The molecule has 0 saturated carbocycles. The lowest BCUT2D eigenvalue weighted by atomic mass is 9.98. The monoisotopic (exact) mass is 337 g/mol. The zero-order valence-electron chi connectivity index (χ0n) is 11.1. The Bertz CT molecular complexity index is 548. The summed E-state index contributed by atoms with van der Waals surface area (Å²) in [6.45, 7) is 2.11. The number of rotatable bonds is 4. The molecule has 0 saturated heterocycles. The Morgan fingerprint density at radius 2 is 1.95 bits per heavy atom. The maximum Gasteiger partial charge on any atom is 0.0438 e. The molecule has 1 atom stereocenters. The third-order valence-electron chi connectivity index (χ3n) is 3.20. The fraction of sp³-hybridized carbons (Fsp3) is 0.250. The molecular weight excluding hydrogens is 322 g/mol. The van der Waals surface area contributed by atoms with Crippen LogP contribution in [0.2, 0.25) is 5.02 Å². The van der Waals surface area contributed by atoms with Crippen LogP contribution < -0.4 is 5.32 Å². The van der Waals surface area contributed by atoms with E-state index in [1.165, 1.54) is 16.7 Å². The number of hydrogen-bond acceptors (Lipinski definition) is 1. The van der Waals surface area contributed by atoms with Gasteiger partial charge in [0.05, 0.1) is 0 Å². The van der Waals surface area contributed by atoms with E-state index in [4.69, 9.17) is 11.6 Å². The third-order valence-corrected chi connectivity index (χ3v) is 4.02. The highest BCUT2D eigenvalue weighted by Crippen LogP contribution is 2.26. The Morgan fingerprint density at radius 3 is 2.58 bits per heavy atom. The summed E-state index contributed by atoms with van der Waals surface area (Å²) in [5.74, 6) is 0. The van der Waals surface area contributed by atoms with Gasteiger partial charge in [0.25, 0.3) is 0 Å². The smallest absolute Gasteiger partial charge is 0.0438 e. The van der Waals surface area contributed by atoms with Crippen LogP contribution in [0.1, 0.15) is 22.7 Å². The summed E-state index contributed by atoms with van der Waals surface area (Å²) in [5.41, 5.74) is 3.69. The molecule has 1 N–H and O–H groups in total. The minimum atomic E-state index is 0.260. The van der Waals surface area contributed by atoms with Crippen LogP contribution in [0.5, 0.6) is 0 Å². The van der Waals surface area contributed by atoms with Crippen LogP contribution in [0, 0.1) is 6.92 Å². The Hall–Kier alpha value is -0.830. The number of halogens is 2. The summed E-state index contributed by atoms with van der Waals surface area (Å²) in [5, 5.41) is 4.20. The third kappa shape index (κ3) is 3.82. The molecule has 19 heavy (non-hydrogen) atoms. The summed E-state index contributed by atoms with van der Waals surface area (Å²) >= 11 is 9.79. The minimum absolute atomic E-state index is 0.260. The first kappa shape index (κ1) is 14.6. The summed E-state index contributed by atoms with van der Waals surface area (Å²) in [7, 11) is 1.98. The molecule has 0 fully saturated rings. The van der Waals surface area contributed by atoms with Crippen molar-refractivity contribution >= 4 is 27.5 Å². The molecule has 0 spiro atoms. The van der Waals surface area contributed by atoms with Crippen LogP contribution in [0.3, 0.4) is 0 Å². The second-order valence-electron chi connectivity index (χ2n) is 4.70. The molecule has 100 valence electrons. The number of aryl methyl sites for hydroxylation is 1. The van der Waals surface area contributed by atoms with E-state index in [9.17, 15) is 0 Å². The molecule has 0 aliphatic rings. The van der Waals surface area contributed by atoms with Crippen molar-refractivity contribution in [3.8, 4) is 0 Å².